The summed E-state index contributed by atoms with van der Waals surface area (Å²) in [6.45, 7) is 0.762. The Kier molecular flexibility index (Phi) is 3.98. The third-order valence-corrected chi connectivity index (χ3v) is 5.22. The lowest BCUT2D eigenvalue weighted by atomic mass is 10.1. The van der Waals surface area contributed by atoms with Gasteiger partial charge in [-0.2, -0.15) is 4.31 Å². The van der Waals surface area contributed by atoms with Gasteiger partial charge in [0.25, 0.3) is 0 Å². The standard InChI is InChI=1S/C12H18N2O4S/c1-18-11-6-10(13)2-3-12(11)19(16,17)14-5-4-9(7-14)8-15/h2-3,6,9,15H,4-5,7-8,13H2,1H3. The summed E-state index contributed by atoms with van der Waals surface area (Å²) in [6, 6.07) is 4.48. The third kappa shape index (κ3) is 2.68. The highest BCUT2D eigenvalue weighted by Crippen LogP contribution is 2.31. The number of sulfonamides is 1. The molecular weight excluding hydrogens is 268 g/mol. The van der Waals surface area contributed by atoms with Crippen LogP contribution in [0.3, 0.4) is 0 Å². The summed E-state index contributed by atoms with van der Waals surface area (Å²) in [4.78, 5) is 0.114. The number of rotatable bonds is 4. The van der Waals surface area contributed by atoms with Gasteiger partial charge in [0.2, 0.25) is 10.0 Å². The van der Waals surface area contributed by atoms with Gasteiger partial charge in [0.1, 0.15) is 10.6 Å². The molecule has 0 saturated carbocycles. The number of hydrogen-bond acceptors (Lipinski definition) is 5. The molecule has 19 heavy (non-hydrogen) atoms. The molecule has 2 rings (SSSR count). The van der Waals surface area contributed by atoms with Gasteiger partial charge >= 0.3 is 0 Å². The summed E-state index contributed by atoms with van der Waals surface area (Å²) < 4.78 is 31.5. The molecule has 0 spiro atoms. The van der Waals surface area contributed by atoms with E-state index in [1.54, 1.807) is 0 Å². The van der Waals surface area contributed by atoms with Crippen LogP contribution in [0.15, 0.2) is 23.1 Å². The maximum Gasteiger partial charge on any atom is 0.246 e. The lowest BCUT2D eigenvalue weighted by Gasteiger charge is -2.18. The molecule has 1 saturated heterocycles. The van der Waals surface area contributed by atoms with E-state index >= 15 is 0 Å². The predicted molar refractivity (Wildman–Crippen MR) is 71.4 cm³/mol. The molecule has 1 aliphatic rings. The van der Waals surface area contributed by atoms with Gasteiger partial charge in [-0.25, -0.2) is 8.42 Å². The topological polar surface area (TPSA) is 92.9 Å². The Morgan fingerprint density at radius 3 is 2.84 bits per heavy atom. The molecule has 1 unspecified atom stereocenters. The Bertz CT molecular complexity index is 559. The molecule has 7 heteroatoms. The number of nitrogen functional groups attached to an aromatic ring is 1. The van der Waals surface area contributed by atoms with Crippen molar-refractivity contribution in [2.24, 2.45) is 5.92 Å². The highest BCUT2D eigenvalue weighted by molar-refractivity contribution is 7.89. The van der Waals surface area contributed by atoms with Crippen molar-refractivity contribution in [3.63, 3.8) is 0 Å². The second-order valence-electron chi connectivity index (χ2n) is 4.61. The molecule has 1 aromatic carbocycles. The van der Waals surface area contributed by atoms with Crippen molar-refractivity contribution in [3.8, 4) is 5.75 Å². The fraction of sp³-hybridized carbons (Fsp3) is 0.500. The number of benzene rings is 1. The van der Waals surface area contributed by atoms with Crippen LogP contribution in [-0.4, -0.2) is 44.6 Å². The van der Waals surface area contributed by atoms with Gasteiger partial charge in [0.05, 0.1) is 7.11 Å². The molecule has 1 heterocycles. The van der Waals surface area contributed by atoms with E-state index < -0.39 is 10.0 Å². The minimum atomic E-state index is -3.60. The predicted octanol–water partition coefficient (Wildman–Crippen LogP) is 0.280. The molecular formula is C12H18N2O4S. The van der Waals surface area contributed by atoms with Crippen molar-refractivity contribution in [1.82, 2.24) is 4.31 Å². The molecule has 1 aromatic rings. The maximum atomic E-state index is 12.5. The first-order chi connectivity index (χ1) is 8.98. The Balaban J connectivity index is 2.35. The highest BCUT2D eigenvalue weighted by atomic mass is 32.2. The van der Waals surface area contributed by atoms with Crippen molar-refractivity contribution >= 4 is 15.7 Å². The van der Waals surface area contributed by atoms with E-state index in [2.05, 4.69) is 0 Å². The number of aliphatic hydroxyl groups is 1. The molecule has 0 amide bonds. The van der Waals surface area contributed by atoms with E-state index in [1.807, 2.05) is 0 Å². The van der Waals surface area contributed by atoms with Crippen LogP contribution in [0.1, 0.15) is 6.42 Å². The van der Waals surface area contributed by atoms with E-state index in [1.165, 1.54) is 29.6 Å². The molecule has 1 aliphatic heterocycles. The third-order valence-electron chi connectivity index (χ3n) is 3.31. The number of nitrogens with two attached hydrogens (primary N) is 1. The quantitative estimate of drug-likeness (QED) is 0.776. The molecule has 1 fully saturated rings. The molecule has 3 N–H and O–H groups in total. The van der Waals surface area contributed by atoms with Crippen LogP contribution in [0.4, 0.5) is 5.69 Å². The van der Waals surface area contributed by atoms with Crippen LogP contribution in [0.25, 0.3) is 0 Å². The second-order valence-corrected chi connectivity index (χ2v) is 6.52. The number of nitrogens with zero attached hydrogens (tertiary/aromatic N) is 1. The second kappa shape index (κ2) is 5.36. The van der Waals surface area contributed by atoms with Gasteiger partial charge in [-0.3, -0.25) is 0 Å². The Labute approximate surface area is 112 Å². The molecule has 6 nitrogen and oxygen atoms in total. The first-order valence-corrected chi connectivity index (χ1v) is 7.47. The lowest BCUT2D eigenvalue weighted by molar-refractivity contribution is 0.233. The Morgan fingerprint density at radius 2 is 2.26 bits per heavy atom. The first kappa shape index (κ1) is 14.1. The number of methoxy groups -OCH3 is 1. The summed E-state index contributed by atoms with van der Waals surface area (Å²) in [7, 11) is -2.19. The van der Waals surface area contributed by atoms with Crippen molar-refractivity contribution in [2.45, 2.75) is 11.3 Å². The molecule has 1 atom stereocenters. The highest BCUT2D eigenvalue weighted by Gasteiger charge is 2.33. The van der Waals surface area contributed by atoms with Crippen molar-refractivity contribution < 1.29 is 18.3 Å². The summed E-state index contributed by atoms with van der Waals surface area (Å²) >= 11 is 0. The zero-order valence-electron chi connectivity index (χ0n) is 10.7. The summed E-state index contributed by atoms with van der Waals surface area (Å²) in [5.74, 6) is 0.252. The fourth-order valence-corrected chi connectivity index (χ4v) is 3.87. The summed E-state index contributed by atoms with van der Waals surface area (Å²) in [5.41, 5.74) is 6.07. The monoisotopic (exact) mass is 286 g/mol. The molecule has 0 aromatic heterocycles. The van der Waals surface area contributed by atoms with Crippen LogP contribution in [0.5, 0.6) is 5.75 Å². The van der Waals surface area contributed by atoms with Gasteiger partial charge in [0.15, 0.2) is 0 Å². The largest absolute Gasteiger partial charge is 0.495 e. The van der Waals surface area contributed by atoms with Crippen molar-refractivity contribution in [3.05, 3.63) is 18.2 Å². The van der Waals surface area contributed by atoms with Gasteiger partial charge in [0, 0.05) is 31.5 Å². The maximum absolute atomic E-state index is 12.5. The van der Waals surface area contributed by atoms with E-state index in [0.717, 1.165) is 0 Å². The zero-order chi connectivity index (χ0) is 14.0. The van der Waals surface area contributed by atoms with Crippen LogP contribution >= 0.6 is 0 Å². The van der Waals surface area contributed by atoms with Crippen LogP contribution in [0, 0.1) is 5.92 Å². The normalized spacial score (nSPS) is 20.6. The lowest BCUT2D eigenvalue weighted by Crippen LogP contribution is -2.29. The average molecular weight is 286 g/mol. The molecule has 0 aliphatic carbocycles. The zero-order valence-corrected chi connectivity index (χ0v) is 11.6. The average Bonchev–Trinajstić information content (AvgIpc) is 2.87. The number of hydrogen-bond donors (Lipinski definition) is 2. The van der Waals surface area contributed by atoms with Crippen molar-refractivity contribution in [1.29, 1.82) is 0 Å². The van der Waals surface area contributed by atoms with Gasteiger partial charge in [-0.05, 0) is 24.5 Å². The molecule has 106 valence electrons. The molecule has 0 radical (unpaired) electrons. The Hall–Kier alpha value is -1.31. The van der Waals surface area contributed by atoms with Gasteiger partial charge in [-0.15, -0.1) is 0 Å². The number of aliphatic hydroxyl groups excluding tert-OH is 1. The fourth-order valence-electron chi connectivity index (χ4n) is 2.20. The van der Waals surface area contributed by atoms with Crippen LogP contribution in [0.2, 0.25) is 0 Å². The minimum absolute atomic E-state index is 0.00485. The van der Waals surface area contributed by atoms with E-state index in [0.29, 0.717) is 25.2 Å². The van der Waals surface area contributed by atoms with Gasteiger partial charge in [-0.1, -0.05) is 0 Å². The smallest absolute Gasteiger partial charge is 0.246 e. The summed E-state index contributed by atoms with van der Waals surface area (Å²) in [5, 5.41) is 9.09. The van der Waals surface area contributed by atoms with Gasteiger partial charge < -0.3 is 15.6 Å². The first-order valence-electron chi connectivity index (χ1n) is 6.03. The number of anilines is 1. The SMILES string of the molecule is COc1cc(N)ccc1S(=O)(=O)N1CCC(CO)C1. The van der Waals surface area contributed by atoms with Crippen LogP contribution < -0.4 is 10.5 Å². The molecule has 0 bridgehead atoms. The minimum Gasteiger partial charge on any atom is -0.495 e. The summed E-state index contributed by atoms with van der Waals surface area (Å²) in [6.07, 6.45) is 0.674. The van der Waals surface area contributed by atoms with Crippen LogP contribution in [-0.2, 0) is 10.0 Å². The van der Waals surface area contributed by atoms with E-state index in [4.69, 9.17) is 15.6 Å². The number of ether oxygens (including phenoxy) is 1. The van der Waals surface area contributed by atoms with E-state index in [-0.39, 0.29) is 23.2 Å². The van der Waals surface area contributed by atoms with E-state index in [9.17, 15) is 8.42 Å². The Morgan fingerprint density at radius 1 is 1.53 bits per heavy atom. The van der Waals surface area contributed by atoms with Crippen molar-refractivity contribution in [2.75, 3.05) is 32.5 Å².